The molecule has 0 bridgehead atoms. The molecule has 0 aliphatic carbocycles. The van der Waals surface area contributed by atoms with Crippen LogP contribution in [0.1, 0.15) is 26.6 Å². The van der Waals surface area contributed by atoms with Gasteiger partial charge in [0.05, 0.1) is 17.4 Å². The van der Waals surface area contributed by atoms with Gasteiger partial charge in [0, 0.05) is 0 Å². The Morgan fingerprint density at radius 1 is 1.04 bits per heavy atom. The van der Waals surface area contributed by atoms with Crippen LogP contribution in [0, 0.1) is 6.92 Å². The lowest BCUT2D eigenvalue weighted by Gasteiger charge is -2.12. The van der Waals surface area contributed by atoms with Gasteiger partial charge in [0.15, 0.2) is 5.69 Å². The van der Waals surface area contributed by atoms with E-state index in [1.54, 1.807) is 19.1 Å². The standard InChI is InChI=1S/C15H9F6N5OS/c1-7-2-4-8(5-3-7)26-10(14(16,17)18)9(6-22-26)11(27)23-13-25-24-12(28-13)15(19,20)21/h2-6H,1H3,(H,23,25,27). The van der Waals surface area contributed by atoms with Crippen LogP contribution in [-0.2, 0) is 12.4 Å². The third kappa shape index (κ3) is 3.98. The maximum atomic E-state index is 13.6. The van der Waals surface area contributed by atoms with E-state index in [0.717, 1.165) is 5.56 Å². The molecule has 1 N–H and O–H groups in total. The zero-order chi connectivity index (χ0) is 20.7. The second-order valence-electron chi connectivity index (χ2n) is 5.52. The fourth-order valence-corrected chi connectivity index (χ4v) is 2.83. The average Bonchev–Trinajstić information content (AvgIpc) is 3.21. The van der Waals surface area contributed by atoms with Gasteiger partial charge in [-0.3, -0.25) is 10.1 Å². The first-order chi connectivity index (χ1) is 13.0. The van der Waals surface area contributed by atoms with Crippen molar-refractivity contribution in [3.8, 4) is 5.69 Å². The van der Waals surface area contributed by atoms with Crippen LogP contribution in [0.2, 0.25) is 0 Å². The van der Waals surface area contributed by atoms with Crippen molar-refractivity contribution >= 4 is 22.4 Å². The van der Waals surface area contributed by atoms with Crippen molar-refractivity contribution < 1.29 is 31.1 Å². The van der Waals surface area contributed by atoms with Crippen molar-refractivity contribution in [3.05, 3.63) is 52.3 Å². The number of hydrogen-bond donors (Lipinski definition) is 1. The van der Waals surface area contributed by atoms with Crippen molar-refractivity contribution in [2.45, 2.75) is 19.3 Å². The van der Waals surface area contributed by atoms with E-state index in [1.165, 1.54) is 12.1 Å². The molecule has 13 heteroatoms. The molecule has 0 spiro atoms. The number of aromatic nitrogens is 4. The number of nitrogens with one attached hydrogen (secondary N) is 1. The van der Waals surface area contributed by atoms with Gasteiger partial charge in [-0.05, 0) is 19.1 Å². The van der Waals surface area contributed by atoms with Gasteiger partial charge < -0.3 is 0 Å². The van der Waals surface area contributed by atoms with E-state index in [2.05, 4.69) is 15.3 Å². The predicted molar refractivity (Wildman–Crippen MR) is 86.2 cm³/mol. The van der Waals surface area contributed by atoms with E-state index >= 15 is 0 Å². The fourth-order valence-electron chi connectivity index (χ4n) is 2.22. The van der Waals surface area contributed by atoms with Crippen LogP contribution < -0.4 is 5.32 Å². The summed E-state index contributed by atoms with van der Waals surface area (Å²) in [7, 11) is 0. The van der Waals surface area contributed by atoms with E-state index in [4.69, 9.17) is 0 Å². The minimum atomic E-state index is -4.95. The lowest BCUT2D eigenvalue weighted by atomic mass is 10.2. The number of aryl methyl sites for hydroxylation is 1. The SMILES string of the molecule is Cc1ccc(-n2ncc(C(=O)Nc3nnc(C(F)(F)F)s3)c2C(F)(F)F)cc1. The first kappa shape index (κ1) is 19.8. The van der Waals surface area contributed by atoms with Crippen LogP contribution in [-0.4, -0.2) is 25.9 Å². The number of halogens is 6. The number of carbonyl (C=O) groups excluding carboxylic acids is 1. The summed E-state index contributed by atoms with van der Waals surface area (Å²) in [6.45, 7) is 1.74. The summed E-state index contributed by atoms with van der Waals surface area (Å²) in [4.78, 5) is 12.2. The van der Waals surface area contributed by atoms with E-state index in [0.29, 0.717) is 10.9 Å². The summed E-state index contributed by atoms with van der Waals surface area (Å²) in [5, 5.41) is 9.55. The molecule has 0 saturated carbocycles. The maximum absolute atomic E-state index is 13.6. The highest BCUT2D eigenvalue weighted by Crippen LogP contribution is 2.35. The molecule has 3 aromatic rings. The molecule has 0 unspecified atom stereocenters. The number of alkyl halides is 6. The lowest BCUT2D eigenvalue weighted by molar-refractivity contribution is -0.143. The van der Waals surface area contributed by atoms with Crippen LogP contribution in [0.5, 0.6) is 0 Å². The highest BCUT2D eigenvalue weighted by molar-refractivity contribution is 7.15. The summed E-state index contributed by atoms with van der Waals surface area (Å²) in [6.07, 6.45) is -9.05. The Morgan fingerprint density at radius 3 is 2.21 bits per heavy atom. The lowest BCUT2D eigenvalue weighted by Crippen LogP contribution is -2.20. The van der Waals surface area contributed by atoms with E-state index in [1.807, 2.05) is 5.32 Å². The normalized spacial score (nSPS) is 12.2. The molecule has 28 heavy (non-hydrogen) atoms. The Morgan fingerprint density at radius 2 is 1.68 bits per heavy atom. The smallest absolute Gasteiger partial charge is 0.296 e. The Kier molecular flexibility index (Phi) is 4.87. The molecule has 0 fully saturated rings. The van der Waals surface area contributed by atoms with Crippen molar-refractivity contribution in [1.82, 2.24) is 20.0 Å². The molecule has 3 rings (SSSR count). The molecule has 2 heterocycles. The van der Waals surface area contributed by atoms with Crippen LogP contribution in [0.25, 0.3) is 5.69 Å². The number of carbonyl (C=O) groups is 1. The van der Waals surface area contributed by atoms with Gasteiger partial charge in [-0.15, -0.1) is 10.2 Å². The number of benzene rings is 1. The third-order valence-electron chi connectivity index (χ3n) is 3.45. The van der Waals surface area contributed by atoms with Gasteiger partial charge >= 0.3 is 12.4 Å². The highest BCUT2D eigenvalue weighted by atomic mass is 32.1. The summed E-state index contributed by atoms with van der Waals surface area (Å²) in [5.74, 6) is -1.31. The fraction of sp³-hybridized carbons (Fsp3) is 0.200. The van der Waals surface area contributed by atoms with Gasteiger partial charge in [0.2, 0.25) is 10.1 Å². The second-order valence-corrected chi connectivity index (χ2v) is 6.49. The number of rotatable bonds is 3. The van der Waals surface area contributed by atoms with Crippen molar-refractivity contribution in [2.75, 3.05) is 5.32 Å². The molecule has 6 nitrogen and oxygen atoms in total. The van der Waals surface area contributed by atoms with Crippen molar-refractivity contribution in [2.24, 2.45) is 0 Å². The molecular formula is C15H9F6N5OS. The number of hydrogen-bond acceptors (Lipinski definition) is 5. The molecule has 0 aliphatic heterocycles. The number of nitrogens with zero attached hydrogens (tertiary/aromatic N) is 4. The van der Waals surface area contributed by atoms with Gasteiger partial charge in [0.1, 0.15) is 0 Å². The first-order valence-corrected chi connectivity index (χ1v) is 8.23. The molecule has 1 amide bonds. The Balaban J connectivity index is 1.96. The van der Waals surface area contributed by atoms with Crippen LogP contribution in [0.4, 0.5) is 31.5 Å². The monoisotopic (exact) mass is 421 g/mol. The van der Waals surface area contributed by atoms with E-state index < -0.39 is 39.7 Å². The largest absolute Gasteiger partial charge is 0.445 e. The zero-order valence-electron chi connectivity index (χ0n) is 13.8. The molecule has 1 aromatic carbocycles. The Bertz CT molecular complexity index is 1010. The summed E-state index contributed by atoms with van der Waals surface area (Å²) < 4.78 is 78.8. The Labute approximate surface area is 156 Å². The van der Waals surface area contributed by atoms with Gasteiger partial charge in [-0.1, -0.05) is 29.0 Å². The molecule has 148 valence electrons. The molecule has 0 atom stereocenters. The van der Waals surface area contributed by atoms with Crippen LogP contribution in [0.3, 0.4) is 0 Å². The maximum Gasteiger partial charge on any atom is 0.445 e. The first-order valence-electron chi connectivity index (χ1n) is 7.41. The predicted octanol–water partition coefficient (Wildman–Crippen LogP) is 4.32. The second kappa shape index (κ2) is 6.89. The summed E-state index contributed by atoms with van der Waals surface area (Å²) >= 11 is -0.00668. The van der Waals surface area contributed by atoms with Crippen molar-refractivity contribution in [3.63, 3.8) is 0 Å². The minimum absolute atomic E-state index is 0.00668. The topological polar surface area (TPSA) is 72.7 Å². The average molecular weight is 421 g/mol. The van der Waals surface area contributed by atoms with Crippen LogP contribution >= 0.6 is 11.3 Å². The number of anilines is 1. The molecular weight excluding hydrogens is 412 g/mol. The third-order valence-corrected chi connectivity index (χ3v) is 4.33. The number of amides is 1. The molecule has 0 saturated heterocycles. The molecule has 0 radical (unpaired) electrons. The van der Waals surface area contributed by atoms with Gasteiger partial charge in [0.25, 0.3) is 5.91 Å². The Hall–Kier alpha value is -2.96. The van der Waals surface area contributed by atoms with Gasteiger partial charge in [-0.2, -0.15) is 31.4 Å². The van der Waals surface area contributed by atoms with Crippen LogP contribution in [0.15, 0.2) is 30.5 Å². The molecule has 0 aliphatic rings. The summed E-state index contributed by atoms with van der Waals surface area (Å²) in [5.41, 5.74) is -1.36. The highest BCUT2D eigenvalue weighted by Gasteiger charge is 2.41. The quantitative estimate of drug-likeness (QED) is 0.640. The molecule has 2 aromatic heterocycles. The minimum Gasteiger partial charge on any atom is -0.296 e. The summed E-state index contributed by atoms with van der Waals surface area (Å²) in [6, 6.07) is 5.91. The van der Waals surface area contributed by atoms with E-state index in [-0.39, 0.29) is 17.0 Å². The van der Waals surface area contributed by atoms with Gasteiger partial charge in [-0.25, -0.2) is 4.68 Å². The van der Waals surface area contributed by atoms with Crippen molar-refractivity contribution in [1.29, 1.82) is 0 Å². The van der Waals surface area contributed by atoms with E-state index in [9.17, 15) is 31.1 Å². The zero-order valence-corrected chi connectivity index (χ0v) is 14.6.